The number of rotatable bonds is 4. The van der Waals surface area contributed by atoms with Crippen LogP contribution in [-0.4, -0.2) is 31.5 Å². The molecule has 1 unspecified atom stereocenters. The van der Waals surface area contributed by atoms with Crippen molar-refractivity contribution in [3.05, 3.63) is 34.6 Å². The highest BCUT2D eigenvalue weighted by Crippen LogP contribution is 2.26. The van der Waals surface area contributed by atoms with E-state index in [1.165, 1.54) is 17.0 Å². The number of amides is 1. The van der Waals surface area contributed by atoms with Crippen LogP contribution in [0.4, 0.5) is 8.28 Å². The average molecular weight is 324 g/mol. The van der Waals surface area contributed by atoms with Crippen molar-refractivity contribution in [1.82, 2.24) is 4.90 Å². The van der Waals surface area contributed by atoms with Crippen LogP contribution >= 0.6 is 11.6 Å². The normalized spacial score (nSPS) is 19.6. The van der Waals surface area contributed by atoms with Gasteiger partial charge in [0.05, 0.1) is 10.8 Å². The minimum absolute atomic E-state index is 0.0317. The first-order valence-electron chi connectivity index (χ1n) is 5.89. The highest BCUT2D eigenvalue weighted by atomic mass is 35.5. The second kappa shape index (κ2) is 5.65. The van der Waals surface area contributed by atoms with Gasteiger partial charge in [-0.2, -0.15) is 8.42 Å². The maximum Gasteiger partial charge on any atom is 0.302 e. The van der Waals surface area contributed by atoms with Crippen LogP contribution in [0.1, 0.15) is 12.0 Å². The molecule has 1 aliphatic rings. The van der Waals surface area contributed by atoms with Crippen molar-refractivity contribution in [2.24, 2.45) is 5.92 Å². The molecule has 0 bridgehead atoms. The van der Waals surface area contributed by atoms with Gasteiger partial charge in [0, 0.05) is 25.4 Å². The van der Waals surface area contributed by atoms with E-state index in [9.17, 15) is 21.5 Å². The largest absolute Gasteiger partial charge is 0.338 e. The van der Waals surface area contributed by atoms with Crippen LogP contribution in [0.15, 0.2) is 18.2 Å². The third kappa shape index (κ3) is 3.67. The topological polar surface area (TPSA) is 54.5 Å². The van der Waals surface area contributed by atoms with E-state index >= 15 is 0 Å². The van der Waals surface area contributed by atoms with Crippen LogP contribution in [-0.2, 0) is 21.6 Å². The van der Waals surface area contributed by atoms with E-state index in [4.69, 9.17) is 11.6 Å². The number of benzene rings is 1. The molecule has 2 rings (SSSR count). The monoisotopic (exact) mass is 323 g/mol. The highest BCUT2D eigenvalue weighted by Gasteiger charge is 2.33. The fraction of sp³-hybridized carbons (Fsp3) is 0.417. The smallest absolute Gasteiger partial charge is 0.302 e. The van der Waals surface area contributed by atoms with Crippen molar-refractivity contribution in [2.75, 3.05) is 12.3 Å². The second-order valence-corrected chi connectivity index (χ2v) is 6.55. The quantitative estimate of drug-likeness (QED) is 0.798. The van der Waals surface area contributed by atoms with Gasteiger partial charge in [-0.25, -0.2) is 4.39 Å². The fourth-order valence-electron chi connectivity index (χ4n) is 2.28. The first-order chi connectivity index (χ1) is 9.26. The summed E-state index contributed by atoms with van der Waals surface area (Å²) >= 11 is 5.79. The Hall–Kier alpha value is -1.21. The van der Waals surface area contributed by atoms with Gasteiger partial charge in [-0.05, 0) is 11.6 Å². The van der Waals surface area contributed by atoms with Crippen molar-refractivity contribution in [3.63, 3.8) is 0 Å². The zero-order valence-electron chi connectivity index (χ0n) is 10.4. The minimum atomic E-state index is -4.61. The molecular formula is C12H12ClF2NO3S. The van der Waals surface area contributed by atoms with E-state index in [2.05, 4.69) is 0 Å². The zero-order valence-corrected chi connectivity index (χ0v) is 11.9. The van der Waals surface area contributed by atoms with E-state index in [0.29, 0.717) is 5.56 Å². The van der Waals surface area contributed by atoms with Crippen LogP contribution in [0.25, 0.3) is 0 Å². The summed E-state index contributed by atoms with van der Waals surface area (Å²) in [5.41, 5.74) is 0.434. The Morgan fingerprint density at radius 3 is 2.75 bits per heavy atom. The molecule has 0 aromatic heterocycles. The van der Waals surface area contributed by atoms with E-state index in [1.54, 1.807) is 6.07 Å². The number of hydrogen-bond acceptors (Lipinski definition) is 3. The first-order valence-corrected chi connectivity index (χ1v) is 7.82. The summed E-state index contributed by atoms with van der Waals surface area (Å²) in [5.74, 6) is -2.13. The van der Waals surface area contributed by atoms with E-state index in [-0.39, 0.29) is 30.4 Å². The molecule has 1 aliphatic heterocycles. The van der Waals surface area contributed by atoms with Crippen LogP contribution in [0.5, 0.6) is 0 Å². The maximum atomic E-state index is 13.3. The van der Waals surface area contributed by atoms with Crippen LogP contribution in [0, 0.1) is 11.7 Å². The molecule has 0 spiro atoms. The Bertz CT molecular complexity index is 636. The third-order valence-corrected chi connectivity index (χ3v) is 4.41. The number of carbonyl (C=O) groups is 1. The fourth-order valence-corrected chi connectivity index (χ4v) is 3.25. The molecule has 4 nitrogen and oxygen atoms in total. The maximum absolute atomic E-state index is 13.3. The predicted molar refractivity (Wildman–Crippen MR) is 69.8 cm³/mol. The van der Waals surface area contributed by atoms with Gasteiger partial charge in [-0.1, -0.05) is 23.7 Å². The summed E-state index contributed by atoms with van der Waals surface area (Å²) in [6.07, 6.45) is -0.0317. The van der Waals surface area contributed by atoms with Crippen LogP contribution < -0.4 is 0 Å². The third-order valence-electron chi connectivity index (χ3n) is 3.12. The zero-order chi connectivity index (χ0) is 14.9. The minimum Gasteiger partial charge on any atom is -0.338 e. The van der Waals surface area contributed by atoms with Crippen molar-refractivity contribution in [1.29, 1.82) is 0 Å². The lowest BCUT2D eigenvalue weighted by molar-refractivity contribution is -0.128. The van der Waals surface area contributed by atoms with Gasteiger partial charge >= 0.3 is 10.2 Å². The lowest BCUT2D eigenvalue weighted by Crippen LogP contribution is -2.25. The predicted octanol–water partition coefficient (Wildman–Crippen LogP) is 2.13. The molecule has 1 fully saturated rings. The Morgan fingerprint density at radius 1 is 1.40 bits per heavy atom. The SMILES string of the molecule is O=C1CC(CS(=O)(=O)F)CN1Cc1cccc(F)c1Cl. The molecule has 1 atom stereocenters. The molecule has 1 aromatic carbocycles. The summed E-state index contributed by atoms with van der Waals surface area (Å²) in [6, 6.07) is 4.26. The lowest BCUT2D eigenvalue weighted by Gasteiger charge is -2.17. The summed E-state index contributed by atoms with van der Waals surface area (Å²) in [7, 11) is -4.61. The molecular weight excluding hydrogens is 312 g/mol. The Labute approximate surface area is 120 Å². The summed E-state index contributed by atoms with van der Waals surface area (Å²) in [5, 5.41) is -0.0677. The molecule has 0 aliphatic carbocycles. The van der Waals surface area contributed by atoms with Gasteiger partial charge in [0.25, 0.3) is 0 Å². The molecule has 1 saturated heterocycles. The molecule has 20 heavy (non-hydrogen) atoms. The van der Waals surface area contributed by atoms with Crippen molar-refractivity contribution in [3.8, 4) is 0 Å². The Morgan fingerprint density at radius 2 is 2.10 bits per heavy atom. The number of likely N-dealkylation sites (tertiary alicyclic amines) is 1. The van der Waals surface area contributed by atoms with Crippen molar-refractivity contribution >= 4 is 27.7 Å². The first kappa shape index (κ1) is 15.2. The number of nitrogens with zero attached hydrogens (tertiary/aromatic N) is 1. The second-order valence-electron chi connectivity index (χ2n) is 4.76. The summed E-state index contributed by atoms with van der Waals surface area (Å²) < 4.78 is 47.1. The van der Waals surface area contributed by atoms with Crippen LogP contribution in [0.2, 0.25) is 5.02 Å². The molecule has 0 radical (unpaired) electrons. The van der Waals surface area contributed by atoms with Crippen molar-refractivity contribution in [2.45, 2.75) is 13.0 Å². The van der Waals surface area contributed by atoms with Gasteiger partial charge < -0.3 is 4.90 Å². The van der Waals surface area contributed by atoms with Gasteiger partial charge in [0.2, 0.25) is 5.91 Å². The molecule has 110 valence electrons. The van der Waals surface area contributed by atoms with Gasteiger partial charge in [-0.3, -0.25) is 4.79 Å². The molecule has 8 heteroatoms. The van der Waals surface area contributed by atoms with Crippen LogP contribution in [0.3, 0.4) is 0 Å². The van der Waals surface area contributed by atoms with Gasteiger partial charge in [0.1, 0.15) is 5.82 Å². The standard InChI is InChI=1S/C12H12ClF2NO3S/c13-12-9(2-1-3-10(12)14)6-16-5-8(4-11(16)17)7-20(15,18)19/h1-3,8H,4-7H2. The van der Waals surface area contributed by atoms with Gasteiger partial charge in [0.15, 0.2) is 0 Å². The molecule has 1 aromatic rings. The Kier molecular flexibility index (Phi) is 4.29. The highest BCUT2D eigenvalue weighted by molar-refractivity contribution is 7.86. The summed E-state index contributed by atoms with van der Waals surface area (Å²) in [6.45, 7) is 0.201. The number of halogens is 3. The van der Waals surface area contributed by atoms with E-state index in [0.717, 1.165) is 0 Å². The number of carbonyl (C=O) groups excluding carboxylic acids is 1. The molecule has 0 saturated carbocycles. The summed E-state index contributed by atoms with van der Waals surface area (Å²) in [4.78, 5) is 13.1. The average Bonchev–Trinajstić information content (AvgIpc) is 2.63. The molecule has 1 amide bonds. The van der Waals surface area contributed by atoms with E-state index < -0.39 is 27.7 Å². The van der Waals surface area contributed by atoms with Crippen molar-refractivity contribution < 1.29 is 21.5 Å². The number of hydrogen-bond donors (Lipinski definition) is 0. The lowest BCUT2D eigenvalue weighted by atomic mass is 10.1. The Balaban J connectivity index is 2.07. The molecule has 1 heterocycles. The van der Waals surface area contributed by atoms with Gasteiger partial charge in [-0.15, -0.1) is 3.89 Å². The molecule has 0 N–H and O–H groups in total. The van der Waals surface area contributed by atoms with E-state index in [1.807, 2.05) is 0 Å².